The highest BCUT2D eigenvalue weighted by molar-refractivity contribution is 5.88. The molecule has 6 heteroatoms. The first kappa shape index (κ1) is 20.8. The van der Waals surface area contributed by atoms with Crippen molar-refractivity contribution in [2.45, 2.75) is 6.10 Å². The van der Waals surface area contributed by atoms with E-state index >= 15 is 0 Å². The molecule has 2 aromatic carbocycles. The molecule has 1 atom stereocenters. The molecule has 0 amide bonds. The van der Waals surface area contributed by atoms with Crippen molar-refractivity contribution in [2.75, 3.05) is 52.5 Å². The number of aliphatic hydroxyl groups excluding tert-OH is 2. The highest BCUT2D eigenvalue weighted by atomic mass is 16.5. The number of fused-ring (bicyclic) bond motifs is 1. The van der Waals surface area contributed by atoms with Gasteiger partial charge in [-0.25, -0.2) is 0 Å². The number of rotatable bonds is 8. The molecule has 6 nitrogen and oxygen atoms in total. The summed E-state index contributed by atoms with van der Waals surface area (Å²) in [5, 5.41) is 21.7. The molecule has 1 saturated heterocycles. The van der Waals surface area contributed by atoms with E-state index in [4.69, 9.17) is 9.84 Å². The molecule has 0 aliphatic carbocycles. The average Bonchev–Trinajstić information content (AvgIpc) is 2.79. The topological polar surface area (TPSA) is 69.1 Å². The fourth-order valence-electron chi connectivity index (χ4n) is 3.91. The van der Waals surface area contributed by atoms with Crippen LogP contribution < -0.4 is 4.74 Å². The SMILES string of the molecule is OCCN1CCN(CC(O)COc2ccc3cc(-c4cccnc4)ccc3c2)CC1. The van der Waals surface area contributed by atoms with E-state index in [1.54, 1.807) is 6.20 Å². The van der Waals surface area contributed by atoms with Gasteiger partial charge in [-0.3, -0.25) is 14.8 Å². The van der Waals surface area contributed by atoms with Crippen LogP contribution in [0, 0.1) is 0 Å². The third-order valence-corrected chi connectivity index (χ3v) is 5.60. The number of hydrogen-bond acceptors (Lipinski definition) is 6. The molecule has 0 radical (unpaired) electrons. The molecule has 1 aliphatic heterocycles. The summed E-state index contributed by atoms with van der Waals surface area (Å²) in [5.74, 6) is 0.767. The van der Waals surface area contributed by atoms with E-state index in [0.29, 0.717) is 6.54 Å². The van der Waals surface area contributed by atoms with Crippen molar-refractivity contribution < 1.29 is 14.9 Å². The van der Waals surface area contributed by atoms with E-state index in [0.717, 1.165) is 60.4 Å². The minimum atomic E-state index is -0.530. The van der Waals surface area contributed by atoms with Crippen LogP contribution in [0.25, 0.3) is 21.9 Å². The summed E-state index contributed by atoms with van der Waals surface area (Å²) in [5.41, 5.74) is 2.24. The minimum absolute atomic E-state index is 0.201. The van der Waals surface area contributed by atoms with Gasteiger partial charge in [0.15, 0.2) is 0 Å². The summed E-state index contributed by atoms with van der Waals surface area (Å²) in [6.07, 6.45) is 3.12. The summed E-state index contributed by atoms with van der Waals surface area (Å²) in [4.78, 5) is 8.69. The number of piperazine rings is 1. The van der Waals surface area contributed by atoms with Crippen molar-refractivity contribution in [3.8, 4) is 16.9 Å². The van der Waals surface area contributed by atoms with Gasteiger partial charge in [-0.15, -0.1) is 0 Å². The zero-order chi connectivity index (χ0) is 20.8. The van der Waals surface area contributed by atoms with E-state index in [1.165, 1.54) is 0 Å². The maximum absolute atomic E-state index is 10.4. The molecule has 30 heavy (non-hydrogen) atoms. The molecule has 4 rings (SSSR count). The van der Waals surface area contributed by atoms with Gasteiger partial charge in [-0.05, 0) is 40.6 Å². The lowest BCUT2D eigenvalue weighted by molar-refractivity contribution is 0.0429. The van der Waals surface area contributed by atoms with Crippen molar-refractivity contribution >= 4 is 10.8 Å². The van der Waals surface area contributed by atoms with Crippen LogP contribution in [0.4, 0.5) is 0 Å². The van der Waals surface area contributed by atoms with E-state index in [-0.39, 0.29) is 13.2 Å². The van der Waals surface area contributed by atoms with Crippen LogP contribution in [0.2, 0.25) is 0 Å². The molecule has 0 spiro atoms. The van der Waals surface area contributed by atoms with E-state index in [2.05, 4.69) is 45.1 Å². The second-order valence-electron chi connectivity index (χ2n) is 7.80. The molecule has 3 aromatic rings. The Labute approximate surface area is 177 Å². The van der Waals surface area contributed by atoms with Crippen molar-refractivity contribution in [1.82, 2.24) is 14.8 Å². The van der Waals surface area contributed by atoms with Crippen molar-refractivity contribution in [3.05, 3.63) is 60.9 Å². The first-order valence-electron chi connectivity index (χ1n) is 10.5. The Morgan fingerprint density at radius 3 is 2.47 bits per heavy atom. The minimum Gasteiger partial charge on any atom is -0.491 e. The quantitative estimate of drug-likeness (QED) is 0.597. The monoisotopic (exact) mass is 407 g/mol. The summed E-state index contributed by atoms with van der Waals surface area (Å²) >= 11 is 0. The third kappa shape index (κ3) is 5.34. The van der Waals surface area contributed by atoms with Crippen LogP contribution >= 0.6 is 0 Å². The standard InChI is InChI=1S/C24H29N3O3/c28-13-12-26-8-10-27(11-9-26)17-23(29)18-30-24-6-5-19-14-20(3-4-21(19)15-24)22-2-1-7-25-16-22/h1-7,14-16,23,28-29H,8-13,17-18H2. The van der Waals surface area contributed by atoms with Gasteiger partial charge in [-0.2, -0.15) is 0 Å². The Hall–Kier alpha value is -2.51. The van der Waals surface area contributed by atoms with Crippen LogP contribution in [0.5, 0.6) is 5.75 Å². The number of aromatic nitrogens is 1. The Kier molecular flexibility index (Phi) is 6.92. The molecule has 1 aromatic heterocycles. The van der Waals surface area contributed by atoms with E-state index < -0.39 is 6.10 Å². The zero-order valence-corrected chi connectivity index (χ0v) is 17.2. The molecular weight excluding hydrogens is 378 g/mol. The van der Waals surface area contributed by atoms with Crippen molar-refractivity contribution in [3.63, 3.8) is 0 Å². The largest absolute Gasteiger partial charge is 0.491 e. The van der Waals surface area contributed by atoms with Gasteiger partial charge in [0.1, 0.15) is 18.5 Å². The van der Waals surface area contributed by atoms with E-state index in [1.807, 2.05) is 24.4 Å². The number of benzene rings is 2. The van der Waals surface area contributed by atoms with Gasteiger partial charge in [0.25, 0.3) is 0 Å². The first-order chi connectivity index (χ1) is 14.7. The summed E-state index contributed by atoms with van der Waals surface area (Å²) in [6, 6.07) is 16.4. The van der Waals surface area contributed by atoms with Crippen LogP contribution in [-0.2, 0) is 0 Å². The average molecular weight is 408 g/mol. The highest BCUT2D eigenvalue weighted by Gasteiger charge is 2.19. The van der Waals surface area contributed by atoms with Gasteiger partial charge < -0.3 is 14.9 Å². The van der Waals surface area contributed by atoms with Crippen LogP contribution in [-0.4, -0.2) is 83.6 Å². The summed E-state index contributed by atoms with van der Waals surface area (Å²) in [7, 11) is 0. The molecule has 158 valence electrons. The molecule has 1 unspecified atom stereocenters. The van der Waals surface area contributed by atoms with Crippen LogP contribution in [0.15, 0.2) is 60.9 Å². The molecule has 2 N–H and O–H groups in total. The van der Waals surface area contributed by atoms with Gasteiger partial charge in [0, 0.05) is 57.2 Å². The Balaban J connectivity index is 1.31. The summed E-state index contributed by atoms with van der Waals surface area (Å²) < 4.78 is 5.86. The van der Waals surface area contributed by atoms with E-state index in [9.17, 15) is 5.11 Å². The second kappa shape index (κ2) is 10.00. The molecule has 1 aliphatic rings. The molecule has 2 heterocycles. The smallest absolute Gasteiger partial charge is 0.120 e. The normalized spacial score (nSPS) is 16.6. The first-order valence-corrected chi connectivity index (χ1v) is 10.5. The molecule has 1 fully saturated rings. The van der Waals surface area contributed by atoms with Crippen molar-refractivity contribution in [1.29, 1.82) is 0 Å². The van der Waals surface area contributed by atoms with Gasteiger partial charge in [0.05, 0.1) is 6.61 Å². The van der Waals surface area contributed by atoms with Crippen LogP contribution in [0.3, 0.4) is 0 Å². The lowest BCUT2D eigenvalue weighted by Gasteiger charge is -2.35. The number of β-amino-alcohol motifs (C(OH)–C–C–N with tert-alkyl or cyclic N) is 2. The number of ether oxygens (including phenoxy) is 1. The number of aliphatic hydroxyl groups is 2. The number of hydrogen-bond donors (Lipinski definition) is 2. The summed E-state index contributed by atoms with van der Waals surface area (Å²) in [6.45, 7) is 5.49. The fraction of sp³-hybridized carbons (Fsp3) is 0.375. The maximum atomic E-state index is 10.4. The van der Waals surface area contributed by atoms with Gasteiger partial charge >= 0.3 is 0 Å². The predicted molar refractivity (Wildman–Crippen MR) is 119 cm³/mol. The fourth-order valence-corrected chi connectivity index (χ4v) is 3.91. The second-order valence-corrected chi connectivity index (χ2v) is 7.80. The predicted octanol–water partition coefficient (Wildman–Crippen LogP) is 2.25. The number of pyridine rings is 1. The van der Waals surface area contributed by atoms with Gasteiger partial charge in [0.2, 0.25) is 0 Å². The highest BCUT2D eigenvalue weighted by Crippen LogP contribution is 2.26. The lowest BCUT2D eigenvalue weighted by Crippen LogP contribution is -2.49. The number of nitrogens with zero attached hydrogens (tertiary/aromatic N) is 3. The lowest BCUT2D eigenvalue weighted by atomic mass is 10.0. The Morgan fingerprint density at radius 2 is 1.70 bits per heavy atom. The molecule has 0 bridgehead atoms. The third-order valence-electron chi connectivity index (χ3n) is 5.60. The van der Waals surface area contributed by atoms with Crippen molar-refractivity contribution in [2.24, 2.45) is 0 Å². The zero-order valence-electron chi connectivity index (χ0n) is 17.2. The van der Waals surface area contributed by atoms with Crippen LogP contribution in [0.1, 0.15) is 0 Å². The Bertz CT molecular complexity index is 943. The molecule has 0 saturated carbocycles. The van der Waals surface area contributed by atoms with Gasteiger partial charge in [-0.1, -0.05) is 24.3 Å². The maximum Gasteiger partial charge on any atom is 0.120 e. The molecular formula is C24H29N3O3. The Morgan fingerprint density at radius 1 is 0.933 bits per heavy atom.